The van der Waals surface area contributed by atoms with Crippen LogP contribution in [0.15, 0.2) is 65.2 Å². The topological polar surface area (TPSA) is 59.0 Å². The van der Waals surface area contributed by atoms with Crippen molar-refractivity contribution in [1.82, 2.24) is 4.98 Å². The number of rotatable bonds is 4. The number of aromatic nitrogens is 1. The summed E-state index contributed by atoms with van der Waals surface area (Å²) in [5.41, 5.74) is 1.53. The molecule has 21 heavy (non-hydrogen) atoms. The average molecular weight is 276 g/mol. The van der Waals surface area contributed by atoms with Crippen molar-refractivity contribution < 1.29 is 9.15 Å². The van der Waals surface area contributed by atoms with E-state index in [1.165, 1.54) is 0 Å². The second kappa shape index (κ2) is 5.93. The van der Waals surface area contributed by atoms with Crippen LogP contribution in [0.1, 0.15) is 11.5 Å². The molecule has 0 amide bonds. The van der Waals surface area contributed by atoms with Crippen LogP contribution in [0.25, 0.3) is 11.3 Å². The summed E-state index contributed by atoms with van der Waals surface area (Å²) in [6, 6.07) is 18.8. The van der Waals surface area contributed by atoms with Crippen LogP contribution in [0.3, 0.4) is 0 Å². The molecule has 0 N–H and O–H groups in total. The van der Waals surface area contributed by atoms with E-state index in [4.69, 9.17) is 14.4 Å². The zero-order valence-corrected chi connectivity index (χ0v) is 11.2. The highest BCUT2D eigenvalue weighted by molar-refractivity contribution is 5.55. The molecule has 0 saturated carbocycles. The Kier molecular flexibility index (Phi) is 3.66. The highest BCUT2D eigenvalue weighted by Gasteiger charge is 2.06. The molecule has 0 radical (unpaired) electrons. The number of hydrogen-bond donors (Lipinski definition) is 0. The molecule has 4 nitrogen and oxygen atoms in total. The van der Waals surface area contributed by atoms with Gasteiger partial charge in [-0.05, 0) is 18.2 Å². The minimum atomic E-state index is 0.224. The van der Waals surface area contributed by atoms with E-state index in [0.29, 0.717) is 23.0 Å². The predicted octanol–water partition coefficient (Wildman–Crippen LogP) is 3.79. The lowest BCUT2D eigenvalue weighted by Crippen LogP contribution is -1.95. The Morgan fingerprint density at radius 1 is 1.10 bits per heavy atom. The first-order valence-electron chi connectivity index (χ1n) is 6.48. The third-order valence-corrected chi connectivity index (χ3v) is 2.94. The second-order valence-corrected chi connectivity index (χ2v) is 4.41. The van der Waals surface area contributed by atoms with Crippen molar-refractivity contribution in [2.75, 3.05) is 0 Å². The Hall–Kier alpha value is -3.06. The minimum Gasteiger partial charge on any atom is -0.484 e. The molecule has 3 aromatic rings. The van der Waals surface area contributed by atoms with Gasteiger partial charge in [0.2, 0.25) is 5.89 Å². The van der Waals surface area contributed by atoms with Gasteiger partial charge in [-0.3, -0.25) is 0 Å². The van der Waals surface area contributed by atoms with Crippen molar-refractivity contribution in [3.05, 3.63) is 72.2 Å². The Bertz CT molecular complexity index is 773. The van der Waals surface area contributed by atoms with Crippen LogP contribution in [-0.4, -0.2) is 4.98 Å². The van der Waals surface area contributed by atoms with E-state index in [2.05, 4.69) is 11.1 Å². The highest BCUT2D eigenvalue weighted by Crippen LogP contribution is 2.21. The first-order valence-corrected chi connectivity index (χ1v) is 6.48. The van der Waals surface area contributed by atoms with E-state index in [1.807, 2.05) is 30.3 Å². The molecule has 2 aromatic carbocycles. The van der Waals surface area contributed by atoms with Crippen molar-refractivity contribution in [2.45, 2.75) is 6.61 Å². The summed E-state index contributed by atoms with van der Waals surface area (Å²) in [6.45, 7) is 0.224. The second-order valence-electron chi connectivity index (χ2n) is 4.41. The lowest BCUT2D eigenvalue weighted by molar-refractivity contribution is 0.264. The van der Waals surface area contributed by atoms with E-state index >= 15 is 0 Å². The third kappa shape index (κ3) is 3.10. The quantitative estimate of drug-likeness (QED) is 0.727. The van der Waals surface area contributed by atoms with Crippen LogP contribution < -0.4 is 4.74 Å². The lowest BCUT2D eigenvalue weighted by atomic mass is 10.2. The third-order valence-electron chi connectivity index (χ3n) is 2.94. The normalized spacial score (nSPS) is 10.0. The van der Waals surface area contributed by atoms with Crippen LogP contribution >= 0.6 is 0 Å². The van der Waals surface area contributed by atoms with E-state index in [1.54, 1.807) is 30.5 Å². The maximum Gasteiger partial charge on any atom is 0.232 e. The largest absolute Gasteiger partial charge is 0.484 e. The molecule has 0 saturated heterocycles. The molecular formula is C17H12N2O2. The monoisotopic (exact) mass is 276 g/mol. The fraction of sp³-hybridized carbons (Fsp3) is 0.0588. The van der Waals surface area contributed by atoms with Gasteiger partial charge in [-0.2, -0.15) is 5.26 Å². The van der Waals surface area contributed by atoms with Gasteiger partial charge in [0.1, 0.15) is 5.75 Å². The zero-order chi connectivity index (χ0) is 14.5. The van der Waals surface area contributed by atoms with E-state index < -0.39 is 0 Å². The van der Waals surface area contributed by atoms with Crippen LogP contribution in [0, 0.1) is 11.3 Å². The number of nitriles is 1. The number of benzene rings is 2. The van der Waals surface area contributed by atoms with Crippen LogP contribution in [0.2, 0.25) is 0 Å². The number of oxazole rings is 1. The lowest BCUT2D eigenvalue weighted by Gasteiger charge is -2.03. The van der Waals surface area contributed by atoms with Gasteiger partial charge in [0.05, 0.1) is 17.8 Å². The predicted molar refractivity (Wildman–Crippen MR) is 77.4 cm³/mol. The maximum atomic E-state index is 8.84. The maximum absolute atomic E-state index is 8.84. The van der Waals surface area contributed by atoms with Gasteiger partial charge in [-0.25, -0.2) is 4.98 Å². The molecule has 1 aromatic heterocycles. The molecule has 0 atom stereocenters. The van der Waals surface area contributed by atoms with Gasteiger partial charge < -0.3 is 9.15 Å². The fourth-order valence-corrected chi connectivity index (χ4v) is 1.91. The van der Waals surface area contributed by atoms with Crippen molar-refractivity contribution >= 4 is 0 Å². The van der Waals surface area contributed by atoms with Gasteiger partial charge in [-0.1, -0.05) is 36.4 Å². The Labute approximate surface area is 122 Å². The van der Waals surface area contributed by atoms with Gasteiger partial charge in [-0.15, -0.1) is 0 Å². The summed E-state index contributed by atoms with van der Waals surface area (Å²) >= 11 is 0. The molecule has 0 fully saturated rings. The smallest absolute Gasteiger partial charge is 0.232 e. The van der Waals surface area contributed by atoms with Crippen LogP contribution in [0.5, 0.6) is 5.75 Å². The van der Waals surface area contributed by atoms with Gasteiger partial charge in [0.15, 0.2) is 12.4 Å². The standard InChI is InChI=1S/C17H12N2O2/c18-10-13-5-4-8-15(9-13)20-12-17-19-11-16(21-17)14-6-2-1-3-7-14/h1-9,11H,12H2. The molecular weight excluding hydrogens is 264 g/mol. The highest BCUT2D eigenvalue weighted by atomic mass is 16.5. The van der Waals surface area contributed by atoms with E-state index in [-0.39, 0.29) is 6.61 Å². The number of hydrogen-bond acceptors (Lipinski definition) is 4. The van der Waals surface area contributed by atoms with Crippen molar-refractivity contribution in [2.24, 2.45) is 0 Å². The molecule has 0 aliphatic carbocycles. The first kappa shape index (κ1) is 12.9. The Balaban J connectivity index is 1.69. The van der Waals surface area contributed by atoms with Crippen molar-refractivity contribution in [3.8, 4) is 23.1 Å². The summed E-state index contributed by atoms with van der Waals surface area (Å²) in [5.74, 6) is 1.82. The summed E-state index contributed by atoms with van der Waals surface area (Å²) in [5, 5.41) is 8.84. The van der Waals surface area contributed by atoms with Crippen molar-refractivity contribution in [1.29, 1.82) is 5.26 Å². The van der Waals surface area contributed by atoms with Gasteiger partial charge in [0, 0.05) is 5.56 Å². The average Bonchev–Trinajstić information content (AvgIpc) is 3.03. The molecule has 0 unspecified atom stereocenters. The summed E-state index contributed by atoms with van der Waals surface area (Å²) in [7, 11) is 0. The van der Waals surface area contributed by atoms with E-state index in [9.17, 15) is 0 Å². The summed E-state index contributed by atoms with van der Waals surface area (Å²) in [4.78, 5) is 4.19. The summed E-state index contributed by atoms with van der Waals surface area (Å²) < 4.78 is 11.2. The number of ether oxygens (including phenoxy) is 1. The molecule has 3 rings (SSSR count). The van der Waals surface area contributed by atoms with E-state index in [0.717, 1.165) is 5.56 Å². The number of nitrogens with zero attached hydrogens (tertiary/aromatic N) is 2. The van der Waals surface area contributed by atoms with Gasteiger partial charge in [0.25, 0.3) is 0 Å². The minimum absolute atomic E-state index is 0.224. The Morgan fingerprint density at radius 2 is 1.95 bits per heavy atom. The Morgan fingerprint density at radius 3 is 2.76 bits per heavy atom. The zero-order valence-electron chi connectivity index (χ0n) is 11.2. The molecule has 1 heterocycles. The molecule has 0 spiro atoms. The summed E-state index contributed by atoms with van der Waals surface area (Å²) in [6.07, 6.45) is 1.68. The SMILES string of the molecule is N#Cc1cccc(OCc2ncc(-c3ccccc3)o2)c1. The molecule has 0 aliphatic heterocycles. The first-order chi connectivity index (χ1) is 10.3. The fourth-order valence-electron chi connectivity index (χ4n) is 1.91. The van der Waals surface area contributed by atoms with Crippen molar-refractivity contribution in [3.63, 3.8) is 0 Å². The molecule has 0 aliphatic rings. The molecule has 4 heteroatoms. The van der Waals surface area contributed by atoms with Crippen LogP contribution in [0.4, 0.5) is 0 Å². The van der Waals surface area contributed by atoms with Crippen LogP contribution in [-0.2, 0) is 6.61 Å². The van der Waals surface area contributed by atoms with Gasteiger partial charge >= 0.3 is 0 Å². The molecule has 102 valence electrons. The molecule has 0 bridgehead atoms.